The molecule has 0 radical (unpaired) electrons. The monoisotopic (exact) mass is 431 g/mol. The van der Waals surface area contributed by atoms with Gasteiger partial charge in [0.2, 0.25) is 0 Å². The van der Waals surface area contributed by atoms with Gasteiger partial charge in [-0.3, -0.25) is 0 Å². The molecule has 2 aromatic carbocycles. The Morgan fingerprint density at radius 3 is 2.27 bits per heavy atom. The van der Waals surface area contributed by atoms with E-state index in [9.17, 15) is 17.6 Å². The normalized spacial score (nSPS) is 11.3. The molecule has 158 valence electrons. The van der Waals surface area contributed by atoms with Crippen LogP contribution in [0.25, 0.3) is 16.9 Å². The lowest BCUT2D eigenvalue weighted by molar-refractivity contribution is 0.0736. The van der Waals surface area contributed by atoms with Crippen LogP contribution < -0.4 is 0 Å². The second-order valence-electron chi connectivity index (χ2n) is 6.80. The van der Waals surface area contributed by atoms with E-state index in [1.54, 1.807) is 36.4 Å². The minimum Gasteiger partial charge on any atom is -0.438 e. The van der Waals surface area contributed by atoms with Crippen LogP contribution in [0, 0.1) is 12.7 Å². The van der Waals surface area contributed by atoms with E-state index in [4.69, 9.17) is 4.74 Å². The number of rotatable bonds is 6. The summed E-state index contributed by atoms with van der Waals surface area (Å²) in [5, 5.41) is 0. The van der Waals surface area contributed by atoms with E-state index in [2.05, 4.69) is 4.74 Å². The fraction of sp³-hybridized carbons (Fsp3) is 0.227. The first-order valence-electron chi connectivity index (χ1n) is 9.19. The first-order valence-corrected chi connectivity index (χ1v) is 11.1. The Morgan fingerprint density at radius 2 is 1.70 bits per heavy atom. The molecule has 0 unspecified atom stereocenters. The molecule has 0 atom stereocenters. The van der Waals surface area contributed by atoms with Gasteiger partial charge in [0, 0.05) is 24.1 Å². The van der Waals surface area contributed by atoms with E-state index < -0.39 is 16.0 Å². The SMILES string of the molecule is COC(=O)OCCc1cc(-c2ccc(S(C)(=O)=O)cc2)n(-c2ccc(F)cc2)c1C. The molecule has 0 spiro atoms. The van der Waals surface area contributed by atoms with E-state index in [0.29, 0.717) is 6.42 Å². The molecule has 6 nitrogen and oxygen atoms in total. The highest BCUT2D eigenvalue weighted by Crippen LogP contribution is 2.30. The molecule has 8 heteroatoms. The summed E-state index contributed by atoms with van der Waals surface area (Å²) in [6.45, 7) is 2.07. The highest BCUT2D eigenvalue weighted by molar-refractivity contribution is 7.90. The van der Waals surface area contributed by atoms with Crippen LogP contribution in [0.1, 0.15) is 11.3 Å². The van der Waals surface area contributed by atoms with Crippen molar-refractivity contribution in [2.45, 2.75) is 18.2 Å². The van der Waals surface area contributed by atoms with E-state index in [1.165, 1.54) is 19.2 Å². The van der Waals surface area contributed by atoms with Crippen molar-refractivity contribution in [1.29, 1.82) is 0 Å². The first kappa shape index (κ1) is 21.6. The van der Waals surface area contributed by atoms with E-state index >= 15 is 0 Å². The average Bonchev–Trinajstić information content (AvgIpc) is 3.04. The molecule has 0 saturated heterocycles. The van der Waals surface area contributed by atoms with Gasteiger partial charge >= 0.3 is 6.16 Å². The maximum Gasteiger partial charge on any atom is 0.507 e. The van der Waals surface area contributed by atoms with Crippen molar-refractivity contribution in [3.8, 4) is 16.9 Å². The predicted molar refractivity (Wildman–Crippen MR) is 111 cm³/mol. The Balaban J connectivity index is 2.04. The maximum absolute atomic E-state index is 13.4. The topological polar surface area (TPSA) is 74.6 Å². The number of carbonyl (C=O) groups is 1. The third-order valence-electron chi connectivity index (χ3n) is 4.77. The molecule has 0 saturated carbocycles. The molecule has 3 rings (SSSR count). The van der Waals surface area contributed by atoms with Crippen LogP contribution in [0.2, 0.25) is 0 Å². The van der Waals surface area contributed by atoms with Gasteiger partial charge in [-0.15, -0.1) is 0 Å². The minimum absolute atomic E-state index is 0.146. The zero-order valence-electron chi connectivity index (χ0n) is 16.9. The van der Waals surface area contributed by atoms with Crippen LogP contribution in [0.3, 0.4) is 0 Å². The van der Waals surface area contributed by atoms with Gasteiger partial charge in [0.15, 0.2) is 9.84 Å². The van der Waals surface area contributed by atoms with Crippen molar-refractivity contribution in [3.63, 3.8) is 0 Å². The number of methoxy groups -OCH3 is 1. The number of hydrogen-bond acceptors (Lipinski definition) is 5. The maximum atomic E-state index is 13.4. The molecule has 3 aromatic rings. The Morgan fingerprint density at radius 1 is 1.07 bits per heavy atom. The third-order valence-corrected chi connectivity index (χ3v) is 5.90. The Bertz CT molecular complexity index is 1150. The summed E-state index contributed by atoms with van der Waals surface area (Å²) in [6, 6.07) is 14.6. The third kappa shape index (κ3) is 4.71. The van der Waals surface area contributed by atoms with Crippen LogP contribution >= 0.6 is 0 Å². The number of nitrogens with zero attached hydrogens (tertiary/aromatic N) is 1. The van der Waals surface area contributed by atoms with Crippen molar-refractivity contribution in [2.24, 2.45) is 0 Å². The first-order chi connectivity index (χ1) is 14.2. The van der Waals surface area contributed by atoms with Crippen LogP contribution in [0.15, 0.2) is 59.5 Å². The summed E-state index contributed by atoms with van der Waals surface area (Å²) in [5.74, 6) is -0.339. The fourth-order valence-corrected chi connectivity index (χ4v) is 3.85. The number of aromatic nitrogens is 1. The van der Waals surface area contributed by atoms with Gasteiger partial charge in [0.25, 0.3) is 0 Å². The molecule has 30 heavy (non-hydrogen) atoms. The van der Waals surface area contributed by atoms with Gasteiger partial charge in [-0.2, -0.15) is 0 Å². The summed E-state index contributed by atoms with van der Waals surface area (Å²) in [4.78, 5) is 11.4. The Hall–Kier alpha value is -3.13. The predicted octanol–water partition coefficient (Wildman–Crippen LogP) is 4.32. The van der Waals surface area contributed by atoms with Gasteiger partial charge in [-0.1, -0.05) is 12.1 Å². The zero-order chi connectivity index (χ0) is 21.9. The molecule has 1 aromatic heterocycles. The molecular formula is C22H22FNO5S. The summed E-state index contributed by atoms with van der Waals surface area (Å²) >= 11 is 0. The van der Waals surface area contributed by atoms with Crippen molar-refractivity contribution < 1.29 is 27.1 Å². The van der Waals surface area contributed by atoms with E-state index in [0.717, 1.165) is 34.5 Å². The number of benzene rings is 2. The highest BCUT2D eigenvalue weighted by Gasteiger charge is 2.16. The van der Waals surface area contributed by atoms with Crippen LogP contribution in [-0.4, -0.2) is 39.1 Å². The van der Waals surface area contributed by atoms with Crippen LogP contribution in [-0.2, 0) is 25.7 Å². The second kappa shape index (κ2) is 8.71. The lowest BCUT2D eigenvalue weighted by Crippen LogP contribution is -2.08. The van der Waals surface area contributed by atoms with Gasteiger partial charge in [-0.25, -0.2) is 17.6 Å². The Kier molecular flexibility index (Phi) is 6.26. The van der Waals surface area contributed by atoms with Gasteiger partial charge in [-0.05, 0) is 60.5 Å². The number of carbonyl (C=O) groups excluding carboxylic acids is 1. The standard InChI is InChI=1S/C22H22FNO5S/c1-15-17(12-13-29-22(25)28-2)14-21(24(15)19-8-6-18(23)7-9-19)16-4-10-20(11-5-16)30(3,26)27/h4-11,14H,12-13H2,1-3H3. The molecule has 0 bridgehead atoms. The molecule has 0 aliphatic heterocycles. The van der Waals surface area contributed by atoms with Crippen molar-refractivity contribution in [2.75, 3.05) is 20.0 Å². The number of halogens is 1. The largest absolute Gasteiger partial charge is 0.507 e. The van der Waals surface area contributed by atoms with Crippen molar-refractivity contribution in [1.82, 2.24) is 4.57 Å². The van der Waals surface area contributed by atoms with Crippen LogP contribution in [0.5, 0.6) is 0 Å². The Labute approximate surface area is 174 Å². The van der Waals surface area contributed by atoms with Gasteiger partial charge < -0.3 is 14.0 Å². The lowest BCUT2D eigenvalue weighted by atomic mass is 10.1. The second-order valence-corrected chi connectivity index (χ2v) is 8.82. The smallest absolute Gasteiger partial charge is 0.438 e. The average molecular weight is 431 g/mol. The molecule has 0 aliphatic rings. The summed E-state index contributed by atoms with van der Waals surface area (Å²) in [7, 11) is -2.06. The van der Waals surface area contributed by atoms with Crippen molar-refractivity contribution >= 4 is 16.0 Å². The molecule has 0 fully saturated rings. The molecule has 0 N–H and O–H groups in total. The van der Waals surface area contributed by atoms with Crippen LogP contribution in [0.4, 0.5) is 9.18 Å². The molecule has 1 heterocycles. The van der Waals surface area contributed by atoms with E-state index in [1.807, 2.05) is 17.6 Å². The summed E-state index contributed by atoms with van der Waals surface area (Å²) in [5.41, 5.74) is 4.21. The molecular weight excluding hydrogens is 409 g/mol. The zero-order valence-corrected chi connectivity index (χ0v) is 17.7. The number of sulfone groups is 1. The van der Waals surface area contributed by atoms with E-state index in [-0.39, 0.29) is 17.3 Å². The highest BCUT2D eigenvalue weighted by atomic mass is 32.2. The minimum atomic E-state index is -3.30. The quantitative estimate of drug-likeness (QED) is 0.544. The van der Waals surface area contributed by atoms with Gasteiger partial charge in [0.1, 0.15) is 5.82 Å². The summed E-state index contributed by atoms with van der Waals surface area (Å²) in [6.07, 6.45) is 0.873. The number of ether oxygens (including phenoxy) is 2. The van der Waals surface area contributed by atoms with Crippen molar-refractivity contribution in [3.05, 3.63) is 71.7 Å². The molecule has 0 aliphatic carbocycles. The fourth-order valence-electron chi connectivity index (χ4n) is 3.22. The summed E-state index contributed by atoms with van der Waals surface area (Å²) < 4.78 is 48.4. The van der Waals surface area contributed by atoms with Gasteiger partial charge in [0.05, 0.1) is 24.3 Å². The lowest BCUT2D eigenvalue weighted by Gasteiger charge is -2.13. The number of hydrogen-bond donors (Lipinski definition) is 0. The molecule has 0 amide bonds.